The van der Waals surface area contributed by atoms with E-state index in [1.54, 1.807) is 11.3 Å². The summed E-state index contributed by atoms with van der Waals surface area (Å²) in [6.07, 6.45) is 0. The zero-order valence-corrected chi connectivity index (χ0v) is 11.9. The first-order valence-electron chi connectivity index (χ1n) is 5.57. The lowest BCUT2D eigenvalue weighted by Gasteiger charge is -2.18. The SMILES string of the molecule is Cc1ncsc1CN(C)c1ccc(Cl)c(CN)n1. The summed E-state index contributed by atoms with van der Waals surface area (Å²) in [5, 5.41) is 0.614. The van der Waals surface area contributed by atoms with Crippen LogP contribution in [0.15, 0.2) is 17.6 Å². The van der Waals surface area contributed by atoms with Crippen molar-refractivity contribution in [1.29, 1.82) is 0 Å². The number of hydrogen-bond acceptors (Lipinski definition) is 5. The average molecular weight is 283 g/mol. The molecule has 2 aromatic rings. The minimum absolute atomic E-state index is 0.347. The van der Waals surface area contributed by atoms with Crippen LogP contribution in [0.3, 0.4) is 0 Å². The summed E-state index contributed by atoms with van der Waals surface area (Å²) in [7, 11) is 2.00. The van der Waals surface area contributed by atoms with Gasteiger partial charge in [0.1, 0.15) is 5.82 Å². The van der Waals surface area contributed by atoms with E-state index in [2.05, 4.69) is 14.9 Å². The van der Waals surface area contributed by atoms with Crippen LogP contribution in [0.2, 0.25) is 5.02 Å². The van der Waals surface area contributed by atoms with E-state index in [4.69, 9.17) is 17.3 Å². The summed E-state index contributed by atoms with van der Waals surface area (Å²) >= 11 is 7.65. The number of aromatic nitrogens is 2. The van der Waals surface area contributed by atoms with E-state index in [0.717, 1.165) is 23.8 Å². The predicted octanol–water partition coefficient (Wildman–Crippen LogP) is 2.60. The Morgan fingerprint density at radius 1 is 1.44 bits per heavy atom. The molecule has 0 bridgehead atoms. The number of halogens is 1. The summed E-state index contributed by atoms with van der Waals surface area (Å²) in [6, 6.07) is 3.74. The maximum atomic E-state index is 6.00. The zero-order chi connectivity index (χ0) is 13.1. The number of nitrogens with zero attached hydrogens (tertiary/aromatic N) is 3. The van der Waals surface area contributed by atoms with Crippen LogP contribution in [-0.2, 0) is 13.1 Å². The Labute approximate surface area is 115 Å². The Balaban J connectivity index is 2.18. The highest BCUT2D eigenvalue weighted by atomic mass is 35.5. The summed E-state index contributed by atoms with van der Waals surface area (Å²) < 4.78 is 0. The first-order chi connectivity index (χ1) is 8.61. The molecule has 0 atom stereocenters. The lowest BCUT2D eigenvalue weighted by molar-refractivity contribution is 0.881. The number of thiazole rings is 1. The Morgan fingerprint density at radius 3 is 2.83 bits per heavy atom. The molecular formula is C12H15ClN4S. The minimum Gasteiger partial charge on any atom is -0.354 e. The first kappa shape index (κ1) is 13.3. The molecule has 0 radical (unpaired) electrons. The van der Waals surface area contributed by atoms with Crippen molar-refractivity contribution in [1.82, 2.24) is 9.97 Å². The monoisotopic (exact) mass is 282 g/mol. The molecule has 0 aliphatic carbocycles. The Bertz CT molecular complexity index is 541. The van der Waals surface area contributed by atoms with E-state index < -0.39 is 0 Å². The van der Waals surface area contributed by atoms with E-state index in [1.165, 1.54) is 4.88 Å². The lowest BCUT2D eigenvalue weighted by Crippen LogP contribution is -2.18. The zero-order valence-electron chi connectivity index (χ0n) is 10.4. The van der Waals surface area contributed by atoms with Crippen molar-refractivity contribution < 1.29 is 0 Å². The van der Waals surface area contributed by atoms with Crippen LogP contribution < -0.4 is 10.6 Å². The second-order valence-corrected chi connectivity index (χ2v) is 5.37. The highest BCUT2D eigenvalue weighted by molar-refractivity contribution is 7.09. The van der Waals surface area contributed by atoms with Crippen LogP contribution in [-0.4, -0.2) is 17.0 Å². The molecule has 0 saturated heterocycles. The number of nitrogens with two attached hydrogens (primary N) is 1. The van der Waals surface area contributed by atoms with Gasteiger partial charge in [0.2, 0.25) is 0 Å². The molecule has 0 unspecified atom stereocenters. The van der Waals surface area contributed by atoms with Gasteiger partial charge in [-0.05, 0) is 19.1 Å². The molecule has 2 heterocycles. The van der Waals surface area contributed by atoms with E-state index in [-0.39, 0.29) is 0 Å². The molecule has 0 aliphatic rings. The molecular weight excluding hydrogens is 268 g/mol. The number of pyridine rings is 1. The summed E-state index contributed by atoms with van der Waals surface area (Å²) in [6.45, 7) is 3.15. The molecule has 6 heteroatoms. The summed E-state index contributed by atoms with van der Waals surface area (Å²) in [5.41, 5.74) is 9.26. The fourth-order valence-corrected chi connectivity index (χ4v) is 2.61. The van der Waals surface area contributed by atoms with Gasteiger partial charge in [0.25, 0.3) is 0 Å². The van der Waals surface area contributed by atoms with Crippen LogP contribution in [0.5, 0.6) is 0 Å². The van der Waals surface area contributed by atoms with E-state index in [9.17, 15) is 0 Å². The standard InChI is InChI=1S/C12H15ClN4S/c1-8-11(18-7-15-8)6-17(2)12-4-3-9(13)10(5-14)16-12/h3-4,7H,5-6,14H2,1-2H3. The Kier molecular flexibility index (Phi) is 4.16. The van der Waals surface area contributed by atoms with Crippen LogP contribution in [0, 0.1) is 6.92 Å². The molecule has 18 heavy (non-hydrogen) atoms. The van der Waals surface area contributed by atoms with E-state index >= 15 is 0 Å². The van der Waals surface area contributed by atoms with Crippen molar-refractivity contribution in [2.24, 2.45) is 5.73 Å². The molecule has 0 fully saturated rings. The summed E-state index contributed by atoms with van der Waals surface area (Å²) in [5.74, 6) is 0.868. The van der Waals surface area contributed by atoms with E-state index in [1.807, 2.05) is 31.6 Å². The normalized spacial score (nSPS) is 10.7. The Morgan fingerprint density at radius 2 is 2.22 bits per heavy atom. The topological polar surface area (TPSA) is 55.0 Å². The molecule has 2 rings (SSSR count). The summed E-state index contributed by atoms with van der Waals surface area (Å²) in [4.78, 5) is 12.0. The third kappa shape index (κ3) is 2.80. The quantitative estimate of drug-likeness (QED) is 0.936. The van der Waals surface area contributed by atoms with Gasteiger partial charge in [-0.15, -0.1) is 11.3 Å². The second kappa shape index (κ2) is 5.65. The van der Waals surface area contributed by atoms with Crippen molar-refractivity contribution in [3.05, 3.63) is 38.9 Å². The van der Waals surface area contributed by atoms with Crippen molar-refractivity contribution in [3.8, 4) is 0 Å². The molecule has 0 spiro atoms. The van der Waals surface area contributed by atoms with Crippen molar-refractivity contribution in [2.75, 3.05) is 11.9 Å². The molecule has 0 saturated carbocycles. The molecule has 2 N–H and O–H groups in total. The van der Waals surface area contributed by atoms with Crippen LogP contribution in [0.25, 0.3) is 0 Å². The molecule has 4 nitrogen and oxygen atoms in total. The maximum absolute atomic E-state index is 6.00. The number of aryl methyl sites for hydroxylation is 1. The smallest absolute Gasteiger partial charge is 0.129 e. The van der Waals surface area contributed by atoms with Crippen LogP contribution in [0.1, 0.15) is 16.3 Å². The fraction of sp³-hybridized carbons (Fsp3) is 0.333. The van der Waals surface area contributed by atoms with Crippen molar-refractivity contribution >= 4 is 28.8 Å². The maximum Gasteiger partial charge on any atom is 0.129 e. The van der Waals surface area contributed by atoms with Gasteiger partial charge >= 0.3 is 0 Å². The van der Waals surface area contributed by atoms with Gasteiger partial charge in [-0.1, -0.05) is 11.6 Å². The molecule has 0 aromatic carbocycles. The predicted molar refractivity (Wildman–Crippen MR) is 76.1 cm³/mol. The highest BCUT2D eigenvalue weighted by Gasteiger charge is 2.09. The van der Waals surface area contributed by atoms with Gasteiger partial charge < -0.3 is 10.6 Å². The number of rotatable bonds is 4. The van der Waals surface area contributed by atoms with Gasteiger partial charge in [0.15, 0.2) is 0 Å². The largest absolute Gasteiger partial charge is 0.354 e. The van der Waals surface area contributed by atoms with Crippen LogP contribution in [0.4, 0.5) is 5.82 Å². The van der Waals surface area contributed by atoms with Gasteiger partial charge in [0, 0.05) is 18.5 Å². The third-order valence-electron chi connectivity index (χ3n) is 2.71. The molecule has 0 aliphatic heterocycles. The first-order valence-corrected chi connectivity index (χ1v) is 6.83. The van der Waals surface area contributed by atoms with Gasteiger partial charge in [-0.25, -0.2) is 9.97 Å². The third-order valence-corrected chi connectivity index (χ3v) is 3.98. The lowest BCUT2D eigenvalue weighted by atomic mass is 10.3. The Hall–Kier alpha value is -1.17. The molecule has 96 valence electrons. The minimum atomic E-state index is 0.347. The second-order valence-electron chi connectivity index (χ2n) is 4.02. The fourth-order valence-electron chi connectivity index (χ4n) is 1.60. The van der Waals surface area contributed by atoms with Crippen LogP contribution >= 0.6 is 22.9 Å². The van der Waals surface area contributed by atoms with Gasteiger partial charge in [0.05, 0.1) is 28.5 Å². The van der Waals surface area contributed by atoms with Gasteiger partial charge in [-0.3, -0.25) is 0 Å². The molecule has 2 aromatic heterocycles. The highest BCUT2D eigenvalue weighted by Crippen LogP contribution is 2.21. The van der Waals surface area contributed by atoms with Crippen molar-refractivity contribution in [3.63, 3.8) is 0 Å². The average Bonchev–Trinajstić information content (AvgIpc) is 2.75. The van der Waals surface area contributed by atoms with Crippen molar-refractivity contribution in [2.45, 2.75) is 20.0 Å². The number of anilines is 1. The number of hydrogen-bond donors (Lipinski definition) is 1. The molecule has 0 amide bonds. The van der Waals surface area contributed by atoms with Gasteiger partial charge in [-0.2, -0.15) is 0 Å². The van der Waals surface area contributed by atoms with E-state index in [0.29, 0.717) is 11.6 Å².